The summed E-state index contributed by atoms with van der Waals surface area (Å²) in [5.41, 5.74) is 1.95. The average molecular weight is 237 g/mol. The molecule has 1 unspecified atom stereocenters. The molecule has 0 aromatic carbocycles. The van der Waals surface area contributed by atoms with E-state index < -0.39 is 0 Å². The van der Waals surface area contributed by atoms with E-state index in [0.29, 0.717) is 6.54 Å². The highest BCUT2D eigenvalue weighted by Crippen LogP contribution is 2.10. The van der Waals surface area contributed by atoms with E-state index in [1.165, 1.54) is 0 Å². The number of hydrogen-bond donors (Lipinski definition) is 1. The molecule has 1 aliphatic heterocycles. The van der Waals surface area contributed by atoms with Crippen LogP contribution in [-0.2, 0) is 16.1 Å². The van der Waals surface area contributed by atoms with Gasteiger partial charge in [0.1, 0.15) is 6.54 Å². The Labute approximate surface area is 101 Å². The fraction of sp³-hybridized carbons (Fsp3) is 0.667. The van der Waals surface area contributed by atoms with Crippen LogP contribution in [-0.4, -0.2) is 34.9 Å². The molecule has 0 radical (unpaired) electrons. The van der Waals surface area contributed by atoms with Crippen molar-refractivity contribution >= 4 is 5.91 Å². The second kappa shape index (κ2) is 5.31. The molecular weight excluding hydrogens is 218 g/mol. The zero-order valence-corrected chi connectivity index (χ0v) is 10.4. The van der Waals surface area contributed by atoms with Gasteiger partial charge < -0.3 is 10.1 Å². The van der Waals surface area contributed by atoms with Gasteiger partial charge >= 0.3 is 0 Å². The number of carbonyl (C=O) groups excluding carboxylic acids is 1. The molecule has 17 heavy (non-hydrogen) atoms. The van der Waals surface area contributed by atoms with Crippen molar-refractivity contribution in [2.75, 3.05) is 13.2 Å². The summed E-state index contributed by atoms with van der Waals surface area (Å²) in [6.07, 6.45) is 2.33. The lowest BCUT2D eigenvalue weighted by molar-refractivity contribution is -0.122. The van der Waals surface area contributed by atoms with Gasteiger partial charge in [0.25, 0.3) is 0 Å². The third kappa shape index (κ3) is 3.30. The van der Waals surface area contributed by atoms with Gasteiger partial charge in [-0.3, -0.25) is 9.48 Å². The lowest BCUT2D eigenvalue weighted by atomic mass is 10.2. The van der Waals surface area contributed by atoms with Crippen LogP contribution in [0.25, 0.3) is 0 Å². The predicted molar refractivity (Wildman–Crippen MR) is 63.7 cm³/mol. The fourth-order valence-electron chi connectivity index (χ4n) is 2.06. The lowest BCUT2D eigenvalue weighted by Crippen LogP contribution is -2.34. The first-order valence-electron chi connectivity index (χ1n) is 6.04. The van der Waals surface area contributed by atoms with Crippen LogP contribution >= 0.6 is 0 Å². The average Bonchev–Trinajstić information content (AvgIpc) is 2.87. The minimum absolute atomic E-state index is 0.00769. The molecule has 1 aromatic heterocycles. The van der Waals surface area contributed by atoms with E-state index in [4.69, 9.17) is 4.74 Å². The van der Waals surface area contributed by atoms with Crippen LogP contribution in [0.5, 0.6) is 0 Å². The van der Waals surface area contributed by atoms with Crippen LogP contribution in [0.2, 0.25) is 0 Å². The Hall–Kier alpha value is -1.36. The Balaban J connectivity index is 1.78. The van der Waals surface area contributed by atoms with E-state index in [9.17, 15) is 4.79 Å². The molecule has 0 saturated carbocycles. The summed E-state index contributed by atoms with van der Waals surface area (Å²) >= 11 is 0. The Kier molecular flexibility index (Phi) is 3.78. The smallest absolute Gasteiger partial charge is 0.241 e. The Morgan fingerprint density at radius 1 is 1.65 bits per heavy atom. The standard InChI is InChI=1S/C12H19N3O2/c1-9-6-10(2)15(14-9)8-12(16)13-7-11-4-3-5-17-11/h6,11H,3-5,7-8H2,1-2H3,(H,13,16). The van der Waals surface area contributed by atoms with Gasteiger partial charge in [-0.05, 0) is 32.8 Å². The van der Waals surface area contributed by atoms with Crippen LogP contribution in [0.3, 0.4) is 0 Å². The molecule has 0 spiro atoms. The first-order valence-corrected chi connectivity index (χ1v) is 6.04. The molecule has 1 aromatic rings. The van der Waals surface area contributed by atoms with Gasteiger partial charge in [-0.2, -0.15) is 5.10 Å². The molecular formula is C12H19N3O2. The first kappa shape index (κ1) is 12.1. The fourth-order valence-corrected chi connectivity index (χ4v) is 2.06. The molecule has 1 saturated heterocycles. The monoisotopic (exact) mass is 237 g/mol. The van der Waals surface area contributed by atoms with Crippen molar-refractivity contribution in [3.63, 3.8) is 0 Å². The highest BCUT2D eigenvalue weighted by Gasteiger charge is 2.16. The van der Waals surface area contributed by atoms with Gasteiger partial charge in [-0.15, -0.1) is 0 Å². The summed E-state index contributed by atoms with van der Waals surface area (Å²) in [5, 5.41) is 7.14. The quantitative estimate of drug-likeness (QED) is 0.842. The highest BCUT2D eigenvalue weighted by atomic mass is 16.5. The number of aromatic nitrogens is 2. The molecule has 1 aliphatic rings. The van der Waals surface area contributed by atoms with Crippen LogP contribution < -0.4 is 5.32 Å². The SMILES string of the molecule is Cc1cc(C)n(CC(=O)NCC2CCCO2)n1. The molecule has 2 rings (SSSR count). The molecule has 5 heteroatoms. The number of nitrogens with one attached hydrogen (secondary N) is 1. The van der Waals surface area contributed by atoms with E-state index in [2.05, 4.69) is 10.4 Å². The molecule has 1 atom stereocenters. The summed E-state index contributed by atoms with van der Waals surface area (Å²) in [6, 6.07) is 1.97. The molecule has 94 valence electrons. The molecule has 1 fully saturated rings. The number of rotatable bonds is 4. The van der Waals surface area contributed by atoms with Crippen molar-refractivity contribution in [2.24, 2.45) is 0 Å². The molecule has 2 heterocycles. The maximum absolute atomic E-state index is 11.7. The van der Waals surface area contributed by atoms with Gasteiger partial charge in [-0.1, -0.05) is 0 Å². The number of carbonyl (C=O) groups is 1. The third-order valence-corrected chi connectivity index (χ3v) is 2.95. The minimum atomic E-state index is -0.00769. The van der Waals surface area contributed by atoms with Crippen LogP contribution in [0.1, 0.15) is 24.2 Å². The summed E-state index contributed by atoms with van der Waals surface area (Å²) in [6.45, 7) is 5.59. The van der Waals surface area contributed by atoms with Crippen molar-refractivity contribution in [1.29, 1.82) is 0 Å². The van der Waals surface area contributed by atoms with Crippen molar-refractivity contribution < 1.29 is 9.53 Å². The maximum Gasteiger partial charge on any atom is 0.241 e. The number of aryl methyl sites for hydroxylation is 2. The minimum Gasteiger partial charge on any atom is -0.376 e. The van der Waals surface area contributed by atoms with Gasteiger partial charge in [0.05, 0.1) is 11.8 Å². The third-order valence-electron chi connectivity index (χ3n) is 2.95. The first-order chi connectivity index (χ1) is 8.15. The lowest BCUT2D eigenvalue weighted by Gasteiger charge is -2.11. The summed E-state index contributed by atoms with van der Waals surface area (Å²) in [7, 11) is 0. The number of hydrogen-bond acceptors (Lipinski definition) is 3. The molecule has 0 bridgehead atoms. The van der Waals surface area contributed by atoms with Crippen molar-refractivity contribution in [1.82, 2.24) is 15.1 Å². The van der Waals surface area contributed by atoms with E-state index in [1.807, 2.05) is 19.9 Å². The predicted octanol–water partition coefficient (Wildman–Crippen LogP) is 0.795. The Morgan fingerprint density at radius 2 is 2.47 bits per heavy atom. The largest absolute Gasteiger partial charge is 0.376 e. The maximum atomic E-state index is 11.7. The van der Waals surface area contributed by atoms with E-state index in [1.54, 1.807) is 4.68 Å². The zero-order chi connectivity index (χ0) is 12.3. The van der Waals surface area contributed by atoms with Crippen LogP contribution in [0.4, 0.5) is 0 Å². The van der Waals surface area contributed by atoms with Crippen molar-refractivity contribution in [2.45, 2.75) is 39.3 Å². The van der Waals surface area contributed by atoms with E-state index in [-0.39, 0.29) is 18.6 Å². The highest BCUT2D eigenvalue weighted by molar-refractivity contribution is 5.75. The summed E-state index contributed by atoms with van der Waals surface area (Å²) in [4.78, 5) is 11.7. The van der Waals surface area contributed by atoms with E-state index in [0.717, 1.165) is 30.8 Å². The van der Waals surface area contributed by atoms with Gasteiger partial charge in [0.15, 0.2) is 0 Å². The van der Waals surface area contributed by atoms with Crippen LogP contribution in [0.15, 0.2) is 6.07 Å². The second-order valence-electron chi connectivity index (χ2n) is 4.52. The Morgan fingerprint density at radius 3 is 3.06 bits per heavy atom. The number of ether oxygens (including phenoxy) is 1. The van der Waals surface area contributed by atoms with Gasteiger partial charge in [0.2, 0.25) is 5.91 Å². The summed E-state index contributed by atoms with van der Waals surface area (Å²) < 4.78 is 7.17. The number of amides is 1. The van der Waals surface area contributed by atoms with Crippen molar-refractivity contribution in [3.05, 3.63) is 17.5 Å². The molecule has 1 amide bonds. The van der Waals surface area contributed by atoms with Crippen molar-refractivity contribution in [3.8, 4) is 0 Å². The van der Waals surface area contributed by atoms with Gasteiger partial charge in [0, 0.05) is 18.8 Å². The van der Waals surface area contributed by atoms with Gasteiger partial charge in [-0.25, -0.2) is 0 Å². The molecule has 5 nitrogen and oxygen atoms in total. The molecule has 0 aliphatic carbocycles. The van der Waals surface area contributed by atoms with Crippen LogP contribution in [0, 0.1) is 13.8 Å². The number of nitrogens with zero attached hydrogens (tertiary/aromatic N) is 2. The normalized spacial score (nSPS) is 19.5. The van der Waals surface area contributed by atoms with E-state index >= 15 is 0 Å². The summed E-state index contributed by atoms with van der Waals surface area (Å²) in [5.74, 6) is -0.00769. The zero-order valence-electron chi connectivity index (χ0n) is 10.4. The second-order valence-corrected chi connectivity index (χ2v) is 4.52. The Bertz CT molecular complexity index is 394. The topological polar surface area (TPSA) is 56.2 Å². The molecule has 1 N–H and O–H groups in total.